The number of nitrogens with zero attached hydrogens (tertiary/aromatic N) is 3. The summed E-state index contributed by atoms with van der Waals surface area (Å²) in [5, 5.41) is 7.05. The Bertz CT molecular complexity index is 1100. The largest absolute Gasteiger partial charge is 0.345 e. The van der Waals surface area contributed by atoms with Crippen LogP contribution in [0.5, 0.6) is 0 Å². The molecule has 10 heteroatoms. The van der Waals surface area contributed by atoms with Crippen LogP contribution in [0.2, 0.25) is 5.02 Å². The van der Waals surface area contributed by atoms with E-state index in [0.29, 0.717) is 16.5 Å². The molecule has 158 valence electrons. The smallest absolute Gasteiger partial charge is 0.246 e. The van der Waals surface area contributed by atoms with E-state index in [0.717, 1.165) is 16.1 Å². The van der Waals surface area contributed by atoms with Crippen molar-refractivity contribution in [2.45, 2.75) is 25.9 Å². The van der Waals surface area contributed by atoms with Crippen molar-refractivity contribution >= 4 is 33.2 Å². The third kappa shape index (κ3) is 5.17. The predicted octanol–water partition coefficient (Wildman–Crippen LogP) is 3.25. The van der Waals surface area contributed by atoms with Crippen molar-refractivity contribution in [1.82, 2.24) is 15.5 Å². The number of anilines is 1. The Balaban J connectivity index is 1.75. The van der Waals surface area contributed by atoms with Crippen molar-refractivity contribution in [2.24, 2.45) is 0 Å². The lowest BCUT2D eigenvalue weighted by molar-refractivity contribution is -0.122. The van der Waals surface area contributed by atoms with Gasteiger partial charge in [0.2, 0.25) is 27.6 Å². The number of sulfonamides is 1. The van der Waals surface area contributed by atoms with Crippen molar-refractivity contribution in [1.29, 1.82) is 0 Å². The van der Waals surface area contributed by atoms with Crippen LogP contribution in [0.3, 0.4) is 0 Å². The van der Waals surface area contributed by atoms with Gasteiger partial charge in [-0.3, -0.25) is 9.10 Å². The lowest BCUT2D eigenvalue weighted by Crippen LogP contribution is -2.49. The van der Waals surface area contributed by atoms with Crippen LogP contribution in [0.1, 0.15) is 19.2 Å². The summed E-state index contributed by atoms with van der Waals surface area (Å²) < 4.78 is 31.1. The Labute approximate surface area is 179 Å². The second kappa shape index (κ2) is 9.27. The monoisotopic (exact) mass is 448 g/mol. The van der Waals surface area contributed by atoms with Gasteiger partial charge in [0.15, 0.2) is 0 Å². The van der Waals surface area contributed by atoms with Gasteiger partial charge in [-0.25, -0.2) is 8.42 Å². The van der Waals surface area contributed by atoms with E-state index in [9.17, 15) is 13.2 Å². The molecular weight excluding hydrogens is 428 g/mol. The molecule has 1 amide bonds. The zero-order valence-electron chi connectivity index (χ0n) is 16.4. The number of hydrogen-bond donors (Lipinski definition) is 1. The third-order valence-corrected chi connectivity index (χ3v) is 5.76. The van der Waals surface area contributed by atoms with Gasteiger partial charge in [0.05, 0.1) is 18.5 Å². The Morgan fingerprint density at radius 1 is 1.17 bits per heavy atom. The molecule has 0 aliphatic heterocycles. The lowest BCUT2D eigenvalue weighted by Gasteiger charge is -2.30. The predicted molar refractivity (Wildman–Crippen MR) is 114 cm³/mol. The van der Waals surface area contributed by atoms with Crippen LogP contribution >= 0.6 is 11.6 Å². The second-order valence-corrected chi connectivity index (χ2v) is 8.85. The molecule has 1 N–H and O–H groups in total. The molecule has 0 radical (unpaired) electrons. The third-order valence-electron chi connectivity index (χ3n) is 4.32. The van der Waals surface area contributed by atoms with Gasteiger partial charge in [-0.05, 0) is 30.7 Å². The van der Waals surface area contributed by atoms with E-state index in [2.05, 4.69) is 15.5 Å². The fourth-order valence-corrected chi connectivity index (χ4v) is 4.30. The Hall–Kier alpha value is -2.91. The molecule has 1 aromatic heterocycles. The van der Waals surface area contributed by atoms with Gasteiger partial charge in [0, 0.05) is 10.6 Å². The first-order valence-corrected chi connectivity index (χ1v) is 11.4. The maximum Gasteiger partial charge on any atom is 0.246 e. The fourth-order valence-electron chi connectivity index (χ4n) is 2.96. The summed E-state index contributed by atoms with van der Waals surface area (Å²) in [6, 6.07) is 14.6. The molecule has 0 unspecified atom stereocenters. The van der Waals surface area contributed by atoms with Gasteiger partial charge in [0.1, 0.15) is 6.04 Å². The van der Waals surface area contributed by atoms with Crippen LogP contribution in [0.25, 0.3) is 11.4 Å². The maximum atomic E-state index is 12.8. The molecular formula is C20H21ClN4O4S. The van der Waals surface area contributed by atoms with E-state index < -0.39 is 22.0 Å². The zero-order chi connectivity index (χ0) is 21.7. The van der Waals surface area contributed by atoms with Crippen molar-refractivity contribution in [2.75, 3.05) is 10.6 Å². The van der Waals surface area contributed by atoms with Crippen LogP contribution in [0.15, 0.2) is 59.1 Å². The minimum Gasteiger partial charge on any atom is -0.345 e. The van der Waals surface area contributed by atoms with Gasteiger partial charge >= 0.3 is 0 Å². The maximum absolute atomic E-state index is 12.8. The number of halogens is 1. The summed E-state index contributed by atoms with van der Waals surface area (Å²) in [6.07, 6.45) is 1.32. The highest BCUT2D eigenvalue weighted by Gasteiger charge is 2.31. The molecule has 1 heterocycles. The standard InChI is InChI=1S/C20H21ClN4O4S/c1-3-17(25(30(2,27)28)16-11-9-15(21)10-12-16)20(26)22-13-18-23-19(24-29-18)14-7-5-4-6-8-14/h4-12,17H,3,13H2,1-2H3,(H,22,26)/t17-/m1/s1. The summed E-state index contributed by atoms with van der Waals surface area (Å²) in [5.74, 6) is 0.151. The number of rotatable bonds is 8. The van der Waals surface area contributed by atoms with Crippen LogP contribution in [-0.4, -0.2) is 36.8 Å². The average Bonchev–Trinajstić information content (AvgIpc) is 3.20. The first-order chi connectivity index (χ1) is 14.3. The highest BCUT2D eigenvalue weighted by Crippen LogP contribution is 2.24. The minimum absolute atomic E-state index is 0.0204. The van der Waals surface area contributed by atoms with Crippen molar-refractivity contribution in [3.05, 3.63) is 65.5 Å². The fraction of sp³-hybridized carbons (Fsp3) is 0.250. The average molecular weight is 449 g/mol. The van der Waals surface area contributed by atoms with Gasteiger partial charge in [-0.2, -0.15) is 4.98 Å². The van der Waals surface area contributed by atoms with E-state index in [4.69, 9.17) is 16.1 Å². The number of nitrogens with one attached hydrogen (secondary N) is 1. The summed E-state index contributed by atoms with van der Waals surface area (Å²) in [5.41, 5.74) is 1.14. The molecule has 3 aromatic rings. The number of benzene rings is 2. The molecule has 0 aliphatic rings. The molecule has 2 aromatic carbocycles. The molecule has 0 fully saturated rings. The van der Waals surface area contributed by atoms with E-state index in [1.807, 2.05) is 30.3 Å². The number of aromatic nitrogens is 2. The lowest BCUT2D eigenvalue weighted by atomic mass is 10.2. The Kier molecular flexibility index (Phi) is 6.73. The molecule has 1 atom stereocenters. The van der Waals surface area contributed by atoms with Crippen molar-refractivity contribution in [3.8, 4) is 11.4 Å². The van der Waals surface area contributed by atoms with Crippen LogP contribution in [-0.2, 0) is 21.4 Å². The molecule has 8 nitrogen and oxygen atoms in total. The highest BCUT2D eigenvalue weighted by atomic mass is 35.5. The summed E-state index contributed by atoms with van der Waals surface area (Å²) in [7, 11) is -3.72. The summed E-state index contributed by atoms with van der Waals surface area (Å²) in [6.45, 7) is 1.71. The Morgan fingerprint density at radius 2 is 1.83 bits per heavy atom. The second-order valence-electron chi connectivity index (χ2n) is 6.55. The first kappa shape index (κ1) is 21.8. The highest BCUT2D eigenvalue weighted by molar-refractivity contribution is 7.92. The Morgan fingerprint density at radius 3 is 2.43 bits per heavy atom. The number of hydrogen-bond acceptors (Lipinski definition) is 6. The van der Waals surface area contributed by atoms with Crippen LogP contribution in [0, 0.1) is 0 Å². The molecule has 0 spiro atoms. The van der Waals surface area contributed by atoms with Crippen molar-refractivity contribution < 1.29 is 17.7 Å². The number of amides is 1. The molecule has 30 heavy (non-hydrogen) atoms. The van der Waals surface area contributed by atoms with E-state index in [1.54, 1.807) is 31.2 Å². The SMILES string of the molecule is CC[C@H](C(=O)NCc1nc(-c2ccccc2)no1)N(c1ccc(Cl)cc1)S(C)(=O)=O. The quantitative estimate of drug-likeness (QED) is 0.567. The molecule has 0 bridgehead atoms. The molecule has 0 saturated heterocycles. The number of carbonyl (C=O) groups is 1. The van der Waals surface area contributed by atoms with E-state index >= 15 is 0 Å². The van der Waals surface area contributed by atoms with Gasteiger partial charge in [-0.15, -0.1) is 0 Å². The van der Waals surface area contributed by atoms with E-state index in [1.165, 1.54) is 0 Å². The molecule has 0 saturated carbocycles. The normalized spacial score (nSPS) is 12.4. The first-order valence-electron chi connectivity index (χ1n) is 9.20. The zero-order valence-corrected chi connectivity index (χ0v) is 18.0. The minimum atomic E-state index is -3.72. The van der Waals surface area contributed by atoms with Gasteiger partial charge in [-0.1, -0.05) is 54.0 Å². The number of carbonyl (C=O) groups excluding carboxylic acids is 1. The van der Waals surface area contributed by atoms with Gasteiger partial charge < -0.3 is 9.84 Å². The molecule has 3 rings (SSSR count). The van der Waals surface area contributed by atoms with Crippen LogP contribution in [0.4, 0.5) is 5.69 Å². The topological polar surface area (TPSA) is 105 Å². The van der Waals surface area contributed by atoms with Crippen LogP contribution < -0.4 is 9.62 Å². The van der Waals surface area contributed by atoms with E-state index in [-0.39, 0.29) is 18.9 Å². The summed E-state index contributed by atoms with van der Waals surface area (Å²) >= 11 is 5.90. The molecule has 0 aliphatic carbocycles. The van der Waals surface area contributed by atoms with Gasteiger partial charge in [0.25, 0.3) is 0 Å². The van der Waals surface area contributed by atoms with Crippen molar-refractivity contribution in [3.63, 3.8) is 0 Å². The summed E-state index contributed by atoms with van der Waals surface area (Å²) in [4.78, 5) is 17.1.